The Morgan fingerprint density at radius 3 is 2.73 bits per heavy atom. The summed E-state index contributed by atoms with van der Waals surface area (Å²) < 4.78 is 5.39. The average Bonchev–Trinajstić information content (AvgIpc) is 2.26. The van der Waals surface area contributed by atoms with Crippen molar-refractivity contribution >= 4 is 12.4 Å². The van der Waals surface area contributed by atoms with Crippen LogP contribution >= 0.6 is 12.4 Å². The Morgan fingerprint density at radius 2 is 2.09 bits per heavy atom. The van der Waals surface area contributed by atoms with Crippen molar-refractivity contribution in [2.75, 3.05) is 20.2 Å². The molecule has 2 bridgehead atoms. The summed E-state index contributed by atoms with van der Waals surface area (Å²) in [6.45, 7) is 2.39. The highest BCUT2D eigenvalue weighted by Gasteiger charge is 2.36. The van der Waals surface area contributed by atoms with E-state index in [-0.39, 0.29) is 12.4 Å². The molecule has 3 atom stereocenters. The molecule has 0 aromatic heterocycles. The Hall–Kier alpha value is 0.210. The van der Waals surface area contributed by atoms with Gasteiger partial charge in [-0.2, -0.15) is 0 Å². The number of piperidine rings is 1. The molecule has 3 heteroatoms. The average molecular weight is 178 g/mol. The van der Waals surface area contributed by atoms with Crippen molar-refractivity contribution in [2.24, 2.45) is 11.8 Å². The number of methoxy groups -OCH3 is 1. The van der Waals surface area contributed by atoms with Crippen LogP contribution < -0.4 is 5.32 Å². The van der Waals surface area contributed by atoms with Crippen LogP contribution in [0.3, 0.4) is 0 Å². The summed E-state index contributed by atoms with van der Waals surface area (Å²) in [5.74, 6) is 1.72. The molecule has 2 fully saturated rings. The largest absolute Gasteiger partial charge is 0.381 e. The molecule has 1 saturated heterocycles. The van der Waals surface area contributed by atoms with E-state index in [0.29, 0.717) is 6.10 Å². The molecule has 66 valence electrons. The molecule has 1 aliphatic heterocycles. The lowest BCUT2D eigenvalue weighted by atomic mass is 10.0. The lowest BCUT2D eigenvalue weighted by Crippen LogP contribution is -2.33. The van der Waals surface area contributed by atoms with Gasteiger partial charge in [0, 0.05) is 13.7 Å². The topological polar surface area (TPSA) is 21.3 Å². The van der Waals surface area contributed by atoms with E-state index in [0.717, 1.165) is 11.8 Å². The van der Waals surface area contributed by atoms with E-state index in [2.05, 4.69) is 5.32 Å². The summed E-state index contributed by atoms with van der Waals surface area (Å²) in [7, 11) is 1.84. The minimum atomic E-state index is 0. The predicted octanol–water partition coefficient (Wildman–Crippen LogP) is 1.05. The molecule has 2 nitrogen and oxygen atoms in total. The number of fused-ring (bicyclic) bond motifs is 2. The van der Waals surface area contributed by atoms with Crippen molar-refractivity contribution in [3.63, 3.8) is 0 Å². The molecule has 11 heavy (non-hydrogen) atoms. The SMILES string of the molecule is COC1CC2CNCC1C2.Cl. The van der Waals surface area contributed by atoms with Gasteiger partial charge in [0.25, 0.3) is 0 Å². The summed E-state index contributed by atoms with van der Waals surface area (Å²) in [5, 5.41) is 3.43. The van der Waals surface area contributed by atoms with Gasteiger partial charge in [0.1, 0.15) is 0 Å². The van der Waals surface area contributed by atoms with Crippen LogP contribution in [0.1, 0.15) is 12.8 Å². The standard InChI is InChI=1S/C8H15NO.ClH/c1-10-8-3-6-2-7(8)5-9-4-6;/h6-9H,2-5H2,1H3;1H. The zero-order valence-electron chi connectivity index (χ0n) is 6.88. The highest BCUT2D eigenvalue weighted by atomic mass is 35.5. The van der Waals surface area contributed by atoms with Crippen molar-refractivity contribution in [3.05, 3.63) is 0 Å². The summed E-state index contributed by atoms with van der Waals surface area (Å²) in [4.78, 5) is 0. The zero-order chi connectivity index (χ0) is 6.97. The van der Waals surface area contributed by atoms with E-state index in [4.69, 9.17) is 4.74 Å². The molecule has 3 unspecified atom stereocenters. The summed E-state index contributed by atoms with van der Waals surface area (Å²) >= 11 is 0. The van der Waals surface area contributed by atoms with Crippen molar-refractivity contribution in [2.45, 2.75) is 18.9 Å². The van der Waals surface area contributed by atoms with Gasteiger partial charge in [-0.3, -0.25) is 0 Å². The first-order valence-corrected chi connectivity index (χ1v) is 4.13. The Kier molecular flexibility index (Phi) is 3.16. The van der Waals surface area contributed by atoms with E-state index in [1.807, 2.05) is 7.11 Å². The smallest absolute Gasteiger partial charge is 0.0614 e. The highest BCUT2D eigenvalue weighted by Crippen LogP contribution is 2.34. The van der Waals surface area contributed by atoms with Crippen LogP contribution in [0.4, 0.5) is 0 Å². The fraction of sp³-hybridized carbons (Fsp3) is 1.00. The van der Waals surface area contributed by atoms with Crippen LogP contribution in [-0.2, 0) is 4.74 Å². The Morgan fingerprint density at radius 1 is 1.27 bits per heavy atom. The summed E-state index contributed by atoms with van der Waals surface area (Å²) in [5.41, 5.74) is 0. The van der Waals surface area contributed by atoms with E-state index in [1.165, 1.54) is 25.9 Å². The van der Waals surface area contributed by atoms with E-state index >= 15 is 0 Å². The molecular weight excluding hydrogens is 162 g/mol. The maximum absolute atomic E-state index is 5.39. The molecule has 1 heterocycles. The first-order chi connectivity index (χ1) is 4.90. The Balaban J connectivity index is 0.000000605. The fourth-order valence-corrected chi connectivity index (χ4v) is 2.34. The number of hydrogen-bond acceptors (Lipinski definition) is 2. The van der Waals surface area contributed by atoms with E-state index < -0.39 is 0 Å². The number of nitrogens with one attached hydrogen (secondary N) is 1. The normalized spacial score (nSPS) is 41.7. The highest BCUT2D eigenvalue weighted by molar-refractivity contribution is 5.85. The lowest BCUT2D eigenvalue weighted by molar-refractivity contribution is 0.0733. The minimum Gasteiger partial charge on any atom is -0.381 e. The number of ether oxygens (including phenoxy) is 1. The van der Waals surface area contributed by atoms with Crippen LogP contribution in [0, 0.1) is 11.8 Å². The second kappa shape index (κ2) is 3.74. The molecule has 0 spiro atoms. The van der Waals surface area contributed by atoms with Crippen LogP contribution in [0.25, 0.3) is 0 Å². The van der Waals surface area contributed by atoms with E-state index in [1.54, 1.807) is 0 Å². The van der Waals surface area contributed by atoms with Gasteiger partial charge in [0.2, 0.25) is 0 Å². The third-order valence-corrected chi connectivity index (χ3v) is 2.87. The van der Waals surface area contributed by atoms with Gasteiger partial charge >= 0.3 is 0 Å². The monoisotopic (exact) mass is 177 g/mol. The molecule has 1 aliphatic carbocycles. The first-order valence-electron chi connectivity index (χ1n) is 4.13. The van der Waals surface area contributed by atoms with Crippen molar-refractivity contribution in [3.8, 4) is 0 Å². The second-order valence-electron chi connectivity index (χ2n) is 3.53. The third kappa shape index (κ3) is 1.68. The van der Waals surface area contributed by atoms with Gasteiger partial charge in [-0.1, -0.05) is 0 Å². The minimum absolute atomic E-state index is 0. The number of rotatable bonds is 1. The second-order valence-corrected chi connectivity index (χ2v) is 3.53. The molecule has 0 radical (unpaired) electrons. The maximum atomic E-state index is 5.39. The van der Waals surface area contributed by atoms with Gasteiger partial charge in [-0.15, -0.1) is 12.4 Å². The third-order valence-electron chi connectivity index (χ3n) is 2.87. The van der Waals surface area contributed by atoms with Crippen molar-refractivity contribution < 1.29 is 4.74 Å². The molecular formula is C8H16ClNO. The number of halogens is 1. The molecule has 0 aromatic rings. The predicted molar refractivity (Wildman–Crippen MR) is 47.1 cm³/mol. The van der Waals surface area contributed by atoms with Crippen LogP contribution in [0.5, 0.6) is 0 Å². The van der Waals surface area contributed by atoms with Crippen LogP contribution in [-0.4, -0.2) is 26.3 Å². The van der Waals surface area contributed by atoms with Gasteiger partial charge in [-0.25, -0.2) is 0 Å². The van der Waals surface area contributed by atoms with Crippen LogP contribution in [0.2, 0.25) is 0 Å². The molecule has 2 rings (SSSR count). The van der Waals surface area contributed by atoms with Gasteiger partial charge in [0.05, 0.1) is 6.10 Å². The van der Waals surface area contributed by atoms with Crippen molar-refractivity contribution in [1.29, 1.82) is 0 Å². The first kappa shape index (κ1) is 9.30. The molecule has 0 aromatic carbocycles. The Bertz CT molecular complexity index is 131. The summed E-state index contributed by atoms with van der Waals surface area (Å²) in [6, 6.07) is 0. The molecule has 0 amide bonds. The zero-order valence-corrected chi connectivity index (χ0v) is 7.69. The van der Waals surface area contributed by atoms with Gasteiger partial charge < -0.3 is 10.1 Å². The fourth-order valence-electron chi connectivity index (χ4n) is 2.34. The van der Waals surface area contributed by atoms with Crippen LogP contribution in [0.15, 0.2) is 0 Å². The lowest BCUT2D eigenvalue weighted by Gasteiger charge is -2.20. The number of hydrogen-bond donors (Lipinski definition) is 1. The molecule has 2 aliphatic rings. The van der Waals surface area contributed by atoms with E-state index in [9.17, 15) is 0 Å². The summed E-state index contributed by atoms with van der Waals surface area (Å²) in [6.07, 6.45) is 3.24. The van der Waals surface area contributed by atoms with Crippen molar-refractivity contribution in [1.82, 2.24) is 5.32 Å². The molecule has 1 N–H and O–H groups in total. The maximum Gasteiger partial charge on any atom is 0.0614 e. The van der Waals surface area contributed by atoms with Gasteiger partial charge in [0.15, 0.2) is 0 Å². The molecule has 1 saturated carbocycles. The quantitative estimate of drug-likeness (QED) is 0.647. The van der Waals surface area contributed by atoms with Gasteiger partial charge in [-0.05, 0) is 31.2 Å². The Labute approximate surface area is 74.1 Å².